The first kappa shape index (κ1) is 12.1. The summed E-state index contributed by atoms with van der Waals surface area (Å²) in [5.41, 5.74) is 9.14. The van der Waals surface area contributed by atoms with Gasteiger partial charge in [-0.1, -0.05) is 25.0 Å². The van der Waals surface area contributed by atoms with Gasteiger partial charge in [0.25, 0.3) is 5.56 Å². The van der Waals surface area contributed by atoms with Gasteiger partial charge < -0.3 is 5.73 Å². The number of aromatic nitrogens is 2. The average molecular weight is 257 g/mol. The summed E-state index contributed by atoms with van der Waals surface area (Å²) >= 11 is 0. The zero-order valence-electron chi connectivity index (χ0n) is 11.1. The number of aryl methyl sites for hydroxylation is 1. The fourth-order valence-corrected chi connectivity index (χ4v) is 2.94. The second kappa shape index (κ2) is 4.61. The Labute approximate surface area is 112 Å². The largest absolute Gasteiger partial charge is 0.393 e. The van der Waals surface area contributed by atoms with Crippen LogP contribution in [0.3, 0.4) is 0 Å². The molecule has 4 heteroatoms. The van der Waals surface area contributed by atoms with Crippen molar-refractivity contribution < 1.29 is 0 Å². The zero-order valence-corrected chi connectivity index (χ0v) is 11.1. The van der Waals surface area contributed by atoms with E-state index in [2.05, 4.69) is 5.10 Å². The van der Waals surface area contributed by atoms with Crippen molar-refractivity contribution in [2.45, 2.75) is 38.5 Å². The van der Waals surface area contributed by atoms with Crippen molar-refractivity contribution in [2.75, 3.05) is 5.73 Å². The molecular formula is C15H19N3O. The Hall–Kier alpha value is -1.97. The van der Waals surface area contributed by atoms with Crippen LogP contribution >= 0.6 is 0 Å². The molecule has 4 nitrogen and oxygen atoms in total. The van der Waals surface area contributed by atoms with E-state index in [1.54, 1.807) is 4.68 Å². The van der Waals surface area contributed by atoms with Crippen molar-refractivity contribution in [3.05, 3.63) is 45.9 Å². The molecule has 0 radical (unpaired) electrons. The van der Waals surface area contributed by atoms with Crippen molar-refractivity contribution in [2.24, 2.45) is 0 Å². The molecular weight excluding hydrogens is 238 g/mol. The van der Waals surface area contributed by atoms with Crippen LogP contribution in [0.25, 0.3) is 5.69 Å². The van der Waals surface area contributed by atoms with Crippen LogP contribution in [0.4, 0.5) is 5.69 Å². The summed E-state index contributed by atoms with van der Waals surface area (Å²) < 4.78 is 1.57. The van der Waals surface area contributed by atoms with Crippen LogP contribution in [0.1, 0.15) is 42.9 Å². The number of benzene rings is 1. The average Bonchev–Trinajstić information content (AvgIpc) is 3.00. The van der Waals surface area contributed by atoms with Gasteiger partial charge in [-0.3, -0.25) is 9.89 Å². The maximum atomic E-state index is 12.3. The van der Waals surface area contributed by atoms with Gasteiger partial charge in [0.1, 0.15) is 5.69 Å². The summed E-state index contributed by atoms with van der Waals surface area (Å²) in [4.78, 5) is 12.3. The highest BCUT2D eigenvalue weighted by molar-refractivity contribution is 5.47. The van der Waals surface area contributed by atoms with Crippen LogP contribution in [-0.2, 0) is 0 Å². The first-order valence-electron chi connectivity index (χ1n) is 6.84. The number of anilines is 1. The van der Waals surface area contributed by atoms with Gasteiger partial charge in [0.15, 0.2) is 0 Å². The van der Waals surface area contributed by atoms with E-state index in [-0.39, 0.29) is 5.56 Å². The monoisotopic (exact) mass is 257 g/mol. The number of hydrogen-bond donors (Lipinski definition) is 2. The predicted molar refractivity (Wildman–Crippen MR) is 76.7 cm³/mol. The lowest BCUT2D eigenvalue weighted by molar-refractivity contribution is 0.678. The Morgan fingerprint density at radius 2 is 2.05 bits per heavy atom. The molecule has 3 N–H and O–H groups in total. The maximum absolute atomic E-state index is 12.3. The van der Waals surface area contributed by atoms with Crippen molar-refractivity contribution in [3.63, 3.8) is 0 Å². The van der Waals surface area contributed by atoms with Crippen molar-refractivity contribution in [3.8, 4) is 5.69 Å². The molecule has 0 spiro atoms. The molecule has 0 unspecified atom stereocenters. The Morgan fingerprint density at radius 1 is 1.32 bits per heavy atom. The molecule has 1 heterocycles. The van der Waals surface area contributed by atoms with Crippen molar-refractivity contribution >= 4 is 5.69 Å². The van der Waals surface area contributed by atoms with E-state index in [0.29, 0.717) is 11.6 Å². The minimum Gasteiger partial charge on any atom is -0.393 e. The second-order valence-corrected chi connectivity index (χ2v) is 5.40. The summed E-state index contributed by atoms with van der Waals surface area (Å²) in [5.74, 6) is 0.416. The standard InChI is InChI=1S/C15H19N3O/c1-10-5-4-8-12(9-10)18-15(19)13(16)14(17-18)11-6-2-3-7-11/h4-5,8-9,11,17H,2-3,6-7,16H2,1H3. The summed E-state index contributed by atoms with van der Waals surface area (Å²) in [5, 5.41) is 3.21. The Bertz CT molecular complexity index is 648. The van der Waals surface area contributed by atoms with Crippen LogP contribution in [0, 0.1) is 6.92 Å². The number of hydrogen-bond acceptors (Lipinski definition) is 2. The fraction of sp³-hybridized carbons (Fsp3) is 0.400. The van der Waals surface area contributed by atoms with E-state index in [9.17, 15) is 4.79 Å². The minimum atomic E-state index is -0.132. The van der Waals surface area contributed by atoms with Gasteiger partial charge in [-0.15, -0.1) is 0 Å². The summed E-state index contributed by atoms with van der Waals surface area (Å²) in [6, 6.07) is 7.86. The van der Waals surface area contributed by atoms with Gasteiger partial charge in [0.2, 0.25) is 0 Å². The van der Waals surface area contributed by atoms with E-state index in [4.69, 9.17) is 5.73 Å². The van der Waals surface area contributed by atoms with Crippen LogP contribution in [-0.4, -0.2) is 9.78 Å². The molecule has 0 amide bonds. The van der Waals surface area contributed by atoms with Crippen molar-refractivity contribution in [1.82, 2.24) is 9.78 Å². The third kappa shape index (κ3) is 2.07. The van der Waals surface area contributed by atoms with Crippen molar-refractivity contribution in [1.29, 1.82) is 0 Å². The lowest BCUT2D eigenvalue weighted by atomic mass is 10.0. The molecule has 0 saturated heterocycles. The molecule has 3 rings (SSSR count). The first-order chi connectivity index (χ1) is 9.16. The predicted octanol–water partition coefficient (Wildman–Crippen LogP) is 2.71. The quantitative estimate of drug-likeness (QED) is 0.868. The third-order valence-corrected chi connectivity index (χ3v) is 3.98. The number of aromatic amines is 1. The molecule has 2 aromatic rings. The number of H-pyrrole nitrogens is 1. The van der Waals surface area contributed by atoms with Gasteiger partial charge >= 0.3 is 0 Å². The molecule has 0 bridgehead atoms. The number of nitrogen functional groups attached to an aromatic ring is 1. The fourth-order valence-electron chi connectivity index (χ4n) is 2.94. The summed E-state index contributed by atoms with van der Waals surface area (Å²) in [6.07, 6.45) is 4.69. The lowest BCUT2D eigenvalue weighted by Gasteiger charge is -2.07. The highest BCUT2D eigenvalue weighted by atomic mass is 16.1. The van der Waals surface area contributed by atoms with Gasteiger partial charge in [-0.2, -0.15) is 0 Å². The normalized spacial score (nSPS) is 16.1. The van der Waals surface area contributed by atoms with Gasteiger partial charge in [0, 0.05) is 5.92 Å². The number of nitrogens with two attached hydrogens (primary N) is 1. The van der Waals surface area contributed by atoms with Crippen LogP contribution in [0.15, 0.2) is 29.1 Å². The zero-order chi connectivity index (χ0) is 13.4. The second-order valence-electron chi connectivity index (χ2n) is 5.40. The van der Waals surface area contributed by atoms with Gasteiger partial charge in [0.05, 0.1) is 11.4 Å². The van der Waals surface area contributed by atoms with Gasteiger partial charge in [-0.25, -0.2) is 4.68 Å². The number of nitrogens with one attached hydrogen (secondary N) is 1. The lowest BCUT2D eigenvalue weighted by Crippen LogP contribution is -2.16. The molecule has 1 aliphatic rings. The topological polar surface area (TPSA) is 63.8 Å². The molecule has 1 fully saturated rings. The summed E-state index contributed by atoms with van der Waals surface area (Å²) in [7, 11) is 0. The minimum absolute atomic E-state index is 0.132. The molecule has 1 aromatic carbocycles. The smallest absolute Gasteiger partial charge is 0.294 e. The highest BCUT2D eigenvalue weighted by Gasteiger charge is 2.23. The number of nitrogens with zero attached hydrogens (tertiary/aromatic N) is 1. The van der Waals surface area contributed by atoms with E-state index >= 15 is 0 Å². The third-order valence-electron chi connectivity index (χ3n) is 3.98. The Morgan fingerprint density at radius 3 is 2.74 bits per heavy atom. The molecule has 1 saturated carbocycles. The molecule has 1 aromatic heterocycles. The Balaban J connectivity index is 2.08. The van der Waals surface area contributed by atoms with Crippen LogP contribution in [0.2, 0.25) is 0 Å². The van der Waals surface area contributed by atoms with Crippen LogP contribution in [0.5, 0.6) is 0 Å². The Kier molecular flexibility index (Phi) is 2.93. The first-order valence-corrected chi connectivity index (χ1v) is 6.84. The van der Waals surface area contributed by atoms with Crippen LogP contribution < -0.4 is 11.3 Å². The van der Waals surface area contributed by atoms with E-state index < -0.39 is 0 Å². The van der Waals surface area contributed by atoms with E-state index in [1.165, 1.54) is 12.8 Å². The van der Waals surface area contributed by atoms with E-state index in [1.807, 2.05) is 31.2 Å². The van der Waals surface area contributed by atoms with Gasteiger partial charge in [-0.05, 0) is 37.5 Å². The highest BCUT2D eigenvalue weighted by Crippen LogP contribution is 2.34. The molecule has 1 aliphatic carbocycles. The number of rotatable bonds is 2. The summed E-state index contributed by atoms with van der Waals surface area (Å²) in [6.45, 7) is 2.01. The molecule has 19 heavy (non-hydrogen) atoms. The SMILES string of the molecule is Cc1cccc(-n2[nH]c(C3CCCC3)c(N)c2=O)c1. The maximum Gasteiger partial charge on any atom is 0.294 e. The molecule has 100 valence electrons. The van der Waals surface area contributed by atoms with E-state index in [0.717, 1.165) is 29.8 Å². The molecule has 0 aliphatic heterocycles. The molecule has 0 atom stereocenters.